The Morgan fingerprint density at radius 3 is 2.08 bits per heavy atom. The fourth-order valence-corrected chi connectivity index (χ4v) is 4.96. The Hall–Kier alpha value is -4.25. The van der Waals surface area contributed by atoms with Gasteiger partial charge in [0.2, 0.25) is 0 Å². The zero-order valence-electron chi connectivity index (χ0n) is 21.2. The summed E-state index contributed by atoms with van der Waals surface area (Å²) in [6.07, 6.45) is 1.08. The van der Waals surface area contributed by atoms with Gasteiger partial charge in [-0.05, 0) is 58.4 Å². The molecule has 0 N–H and O–H groups in total. The monoisotopic (exact) mass is 493 g/mol. The average Bonchev–Trinajstić information content (AvgIpc) is 2.96. The molecule has 0 aromatic heterocycles. The largest absolute Gasteiger partial charge is 0.493 e. The van der Waals surface area contributed by atoms with E-state index in [4.69, 9.17) is 14.2 Å². The summed E-state index contributed by atoms with van der Waals surface area (Å²) in [5.74, 6) is 1.36. The van der Waals surface area contributed by atoms with Crippen molar-refractivity contribution in [3.8, 4) is 22.6 Å². The topological polar surface area (TPSA) is 48.0 Å². The van der Waals surface area contributed by atoms with Crippen molar-refractivity contribution >= 4 is 6.09 Å². The van der Waals surface area contributed by atoms with E-state index in [9.17, 15) is 4.79 Å². The van der Waals surface area contributed by atoms with Crippen molar-refractivity contribution in [2.24, 2.45) is 0 Å². The number of hydrogen-bond acceptors (Lipinski definition) is 4. The lowest BCUT2D eigenvalue weighted by Gasteiger charge is -2.37. The molecular weight excluding hydrogens is 462 g/mol. The number of rotatable bonds is 7. The zero-order valence-corrected chi connectivity index (χ0v) is 21.2. The van der Waals surface area contributed by atoms with Gasteiger partial charge < -0.3 is 19.1 Å². The average molecular weight is 494 g/mol. The van der Waals surface area contributed by atoms with Gasteiger partial charge in [-0.2, -0.15) is 0 Å². The normalized spacial score (nSPS) is 14.5. The van der Waals surface area contributed by atoms with Gasteiger partial charge in [-0.15, -0.1) is 0 Å². The molecule has 5 nitrogen and oxygen atoms in total. The molecule has 5 heteroatoms. The molecular formula is C32H31NO4. The van der Waals surface area contributed by atoms with E-state index in [2.05, 4.69) is 36.4 Å². The van der Waals surface area contributed by atoms with Gasteiger partial charge in [-0.1, -0.05) is 84.9 Å². The van der Waals surface area contributed by atoms with Crippen LogP contribution in [0.3, 0.4) is 0 Å². The van der Waals surface area contributed by atoms with Crippen molar-refractivity contribution in [1.29, 1.82) is 0 Å². The highest BCUT2D eigenvalue weighted by atomic mass is 16.6. The summed E-state index contributed by atoms with van der Waals surface area (Å²) in [6.45, 7) is 0.816. The molecule has 0 radical (unpaired) electrons. The van der Waals surface area contributed by atoms with Crippen LogP contribution in [0.1, 0.15) is 28.3 Å². The molecule has 188 valence electrons. The van der Waals surface area contributed by atoms with Crippen LogP contribution in [0.15, 0.2) is 97.1 Å². The first-order chi connectivity index (χ1) is 18.2. The highest BCUT2D eigenvalue weighted by Crippen LogP contribution is 2.40. The summed E-state index contributed by atoms with van der Waals surface area (Å²) in [7, 11) is 3.28. The van der Waals surface area contributed by atoms with E-state index in [1.807, 2.05) is 65.6 Å². The predicted octanol–water partition coefficient (Wildman–Crippen LogP) is 6.85. The second-order valence-corrected chi connectivity index (χ2v) is 9.17. The zero-order chi connectivity index (χ0) is 25.6. The molecule has 4 aromatic carbocycles. The van der Waals surface area contributed by atoms with Crippen molar-refractivity contribution < 1.29 is 19.0 Å². The summed E-state index contributed by atoms with van der Waals surface area (Å²) in [5.41, 5.74) is 6.68. The van der Waals surface area contributed by atoms with Gasteiger partial charge in [0.05, 0.1) is 20.3 Å². The standard InChI is InChI=1S/C32H31NO4/c1-35-30-20-27-17-18-33(32(34)37-22-24-9-5-3-6-10-24)29(28(27)21-31(30)36-2)19-23-13-15-26(16-14-23)25-11-7-4-8-12-25/h3-16,20-21,29H,17-19,22H2,1-2H3. The molecule has 4 aromatic rings. The van der Waals surface area contributed by atoms with Gasteiger partial charge >= 0.3 is 6.09 Å². The highest BCUT2D eigenvalue weighted by molar-refractivity contribution is 5.70. The highest BCUT2D eigenvalue weighted by Gasteiger charge is 2.33. The lowest BCUT2D eigenvalue weighted by molar-refractivity contribution is 0.0768. The molecule has 37 heavy (non-hydrogen) atoms. The number of nitrogens with zero attached hydrogens (tertiary/aromatic N) is 1. The first kappa shape index (κ1) is 24.4. The SMILES string of the molecule is COc1cc2c(cc1OC)C(Cc1ccc(-c3ccccc3)cc1)N(C(=O)OCc1ccccc1)CC2. The van der Waals surface area contributed by atoms with Gasteiger partial charge in [0.15, 0.2) is 11.5 Å². The van der Waals surface area contributed by atoms with E-state index in [0.29, 0.717) is 24.5 Å². The molecule has 1 heterocycles. The van der Waals surface area contributed by atoms with Crippen LogP contribution < -0.4 is 9.47 Å². The lowest BCUT2D eigenvalue weighted by atomic mass is 9.88. The smallest absolute Gasteiger partial charge is 0.410 e. The Labute approximate surface area is 218 Å². The van der Waals surface area contributed by atoms with Crippen LogP contribution in [0.25, 0.3) is 11.1 Å². The van der Waals surface area contributed by atoms with Crippen LogP contribution in [-0.4, -0.2) is 31.8 Å². The number of amides is 1. The number of benzene rings is 4. The van der Waals surface area contributed by atoms with Gasteiger partial charge in [-0.25, -0.2) is 4.79 Å². The van der Waals surface area contributed by atoms with Crippen LogP contribution in [0.5, 0.6) is 11.5 Å². The third-order valence-corrected chi connectivity index (χ3v) is 6.93. The molecule has 1 amide bonds. The van der Waals surface area contributed by atoms with E-state index in [1.54, 1.807) is 14.2 Å². The van der Waals surface area contributed by atoms with Gasteiger partial charge in [0.1, 0.15) is 6.61 Å². The first-order valence-corrected chi connectivity index (χ1v) is 12.5. The van der Waals surface area contributed by atoms with E-state index in [1.165, 1.54) is 11.1 Å². The maximum Gasteiger partial charge on any atom is 0.410 e. The van der Waals surface area contributed by atoms with E-state index >= 15 is 0 Å². The molecule has 0 saturated carbocycles. The van der Waals surface area contributed by atoms with Crippen LogP contribution in [0.2, 0.25) is 0 Å². The molecule has 1 atom stereocenters. The third-order valence-electron chi connectivity index (χ3n) is 6.93. The van der Waals surface area contributed by atoms with Gasteiger partial charge in [0.25, 0.3) is 0 Å². The van der Waals surface area contributed by atoms with Crippen molar-refractivity contribution in [2.75, 3.05) is 20.8 Å². The van der Waals surface area contributed by atoms with Crippen molar-refractivity contribution in [1.82, 2.24) is 4.90 Å². The van der Waals surface area contributed by atoms with Gasteiger partial charge in [-0.3, -0.25) is 0 Å². The minimum atomic E-state index is -0.310. The van der Waals surface area contributed by atoms with Crippen molar-refractivity contribution in [2.45, 2.75) is 25.5 Å². The number of carbonyl (C=O) groups excluding carboxylic acids is 1. The molecule has 0 saturated heterocycles. The van der Waals surface area contributed by atoms with E-state index in [0.717, 1.165) is 28.7 Å². The summed E-state index contributed by atoms with van der Waals surface area (Å²) in [4.78, 5) is 15.2. The summed E-state index contributed by atoms with van der Waals surface area (Å²) < 4.78 is 16.9. The van der Waals surface area contributed by atoms with Crippen LogP contribution in [0, 0.1) is 0 Å². The second kappa shape index (κ2) is 11.2. The Balaban J connectivity index is 1.43. The predicted molar refractivity (Wildman–Crippen MR) is 145 cm³/mol. The number of methoxy groups -OCH3 is 2. The molecule has 1 aliphatic rings. The first-order valence-electron chi connectivity index (χ1n) is 12.5. The fourth-order valence-electron chi connectivity index (χ4n) is 4.96. The maximum absolute atomic E-state index is 13.3. The number of ether oxygens (including phenoxy) is 3. The Kier molecular flexibility index (Phi) is 7.41. The van der Waals surface area contributed by atoms with Crippen LogP contribution in [0.4, 0.5) is 4.79 Å². The number of carbonyl (C=O) groups is 1. The molecule has 0 fully saturated rings. The van der Waals surface area contributed by atoms with Gasteiger partial charge in [0, 0.05) is 6.54 Å². The number of fused-ring (bicyclic) bond motifs is 1. The summed E-state index contributed by atoms with van der Waals surface area (Å²) in [6, 6.07) is 32.5. The lowest BCUT2D eigenvalue weighted by Crippen LogP contribution is -2.41. The Morgan fingerprint density at radius 2 is 1.41 bits per heavy atom. The van der Waals surface area contributed by atoms with Crippen molar-refractivity contribution in [3.05, 3.63) is 119 Å². The van der Waals surface area contributed by atoms with Crippen molar-refractivity contribution in [3.63, 3.8) is 0 Å². The molecule has 1 unspecified atom stereocenters. The van der Waals surface area contributed by atoms with Crippen LogP contribution >= 0.6 is 0 Å². The summed E-state index contributed by atoms with van der Waals surface area (Å²) in [5, 5.41) is 0. The Morgan fingerprint density at radius 1 is 0.784 bits per heavy atom. The number of hydrogen-bond donors (Lipinski definition) is 0. The summed E-state index contributed by atoms with van der Waals surface area (Å²) >= 11 is 0. The van der Waals surface area contributed by atoms with Crippen LogP contribution in [-0.2, 0) is 24.2 Å². The van der Waals surface area contributed by atoms with E-state index in [-0.39, 0.29) is 18.7 Å². The molecule has 0 bridgehead atoms. The fraction of sp³-hybridized carbons (Fsp3) is 0.219. The molecule has 0 spiro atoms. The maximum atomic E-state index is 13.3. The Bertz CT molecular complexity index is 1340. The molecule has 0 aliphatic carbocycles. The minimum absolute atomic E-state index is 0.186. The molecule has 5 rings (SSSR count). The second-order valence-electron chi connectivity index (χ2n) is 9.17. The third kappa shape index (κ3) is 5.46. The minimum Gasteiger partial charge on any atom is -0.493 e. The quantitative estimate of drug-likeness (QED) is 0.283. The van der Waals surface area contributed by atoms with E-state index < -0.39 is 0 Å². The molecule has 1 aliphatic heterocycles.